The molecule has 1 amide bonds. The fraction of sp³-hybridized carbons (Fsp3) is 0.100. The Kier molecular flexibility index (Phi) is 3.61. The summed E-state index contributed by atoms with van der Waals surface area (Å²) in [6.07, 6.45) is 3.05. The van der Waals surface area contributed by atoms with E-state index in [1.807, 2.05) is 6.92 Å². The third kappa shape index (κ3) is 2.94. The monoisotopic (exact) mass is 287 g/mol. The predicted octanol–water partition coefficient (Wildman–Crippen LogP) is 3.41. The van der Waals surface area contributed by atoms with Gasteiger partial charge in [-0.1, -0.05) is 23.2 Å². The number of anilines is 1. The Balaban J connectivity index is 2.17. The van der Waals surface area contributed by atoms with Gasteiger partial charge in [0.2, 0.25) is 0 Å². The van der Waals surface area contributed by atoms with Gasteiger partial charge >= 0.3 is 0 Å². The number of rotatable bonds is 2. The highest BCUT2D eigenvalue weighted by Crippen LogP contribution is 2.21. The van der Waals surface area contributed by atoms with Crippen LogP contribution in [-0.2, 0) is 0 Å². The molecule has 1 N–H and O–H groups in total. The van der Waals surface area contributed by atoms with Crippen molar-refractivity contribution in [1.82, 2.24) is 9.97 Å². The summed E-state index contributed by atoms with van der Waals surface area (Å²) in [4.78, 5) is 20.7. The van der Waals surface area contributed by atoms with Gasteiger partial charge in [-0.2, -0.15) is 0 Å². The van der Waals surface area contributed by atoms with Gasteiger partial charge in [0, 0.05) is 17.3 Å². The van der Waals surface area contributed by atoms with Crippen LogP contribution in [0.25, 0.3) is 0 Å². The minimum Gasteiger partial charge on any atom is -0.298 e. The molecule has 7 heteroatoms. The van der Waals surface area contributed by atoms with E-state index in [-0.39, 0.29) is 16.1 Å². The van der Waals surface area contributed by atoms with Crippen molar-refractivity contribution in [3.8, 4) is 0 Å². The molecule has 0 aliphatic rings. The lowest BCUT2D eigenvalue weighted by atomic mass is 10.3. The number of hydrogen-bond acceptors (Lipinski definition) is 4. The smallest absolute Gasteiger partial charge is 0.259 e. The molecule has 0 saturated carbocycles. The number of aromatic nitrogens is 2. The van der Waals surface area contributed by atoms with Crippen LogP contribution in [0.4, 0.5) is 5.13 Å². The number of nitrogens with zero attached hydrogens (tertiary/aromatic N) is 2. The maximum Gasteiger partial charge on any atom is 0.259 e. The van der Waals surface area contributed by atoms with Crippen LogP contribution in [-0.4, -0.2) is 15.9 Å². The normalized spacial score (nSPS) is 10.3. The number of thiazole rings is 1. The van der Waals surface area contributed by atoms with E-state index in [0.29, 0.717) is 10.7 Å². The Morgan fingerprint density at radius 1 is 1.35 bits per heavy atom. The van der Waals surface area contributed by atoms with Crippen LogP contribution in [0, 0.1) is 6.92 Å². The molecule has 0 aromatic carbocycles. The van der Waals surface area contributed by atoms with Gasteiger partial charge < -0.3 is 0 Å². The summed E-state index contributed by atoms with van der Waals surface area (Å²) in [7, 11) is 0. The topological polar surface area (TPSA) is 54.9 Å². The van der Waals surface area contributed by atoms with E-state index in [1.165, 1.54) is 23.6 Å². The molecule has 0 aliphatic heterocycles. The van der Waals surface area contributed by atoms with E-state index >= 15 is 0 Å². The van der Waals surface area contributed by atoms with E-state index in [0.717, 1.165) is 4.88 Å². The van der Waals surface area contributed by atoms with Crippen molar-refractivity contribution in [3.63, 3.8) is 0 Å². The molecule has 17 heavy (non-hydrogen) atoms. The number of carbonyl (C=O) groups excluding carboxylic acids is 1. The summed E-state index contributed by atoms with van der Waals surface area (Å²) < 4.78 is 0. The van der Waals surface area contributed by atoms with Crippen molar-refractivity contribution in [1.29, 1.82) is 0 Å². The summed E-state index contributed by atoms with van der Waals surface area (Å²) in [5.74, 6) is -0.314. The van der Waals surface area contributed by atoms with E-state index in [4.69, 9.17) is 23.2 Å². The van der Waals surface area contributed by atoms with Crippen molar-refractivity contribution in [2.45, 2.75) is 6.92 Å². The first-order chi connectivity index (χ1) is 8.06. The number of halogens is 2. The minimum atomic E-state index is -0.314. The zero-order chi connectivity index (χ0) is 12.4. The Hall–Kier alpha value is -1.17. The van der Waals surface area contributed by atoms with Crippen molar-refractivity contribution >= 4 is 45.6 Å². The minimum absolute atomic E-state index is 0.174. The molecule has 0 unspecified atom stereocenters. The molecular formula is C10H7Cl2N3OS. The molecule has 4 nitrogen and oxygen atoms in total. The quantitative estimate of drug-likeness (QED) is 0.862. The Morgan fingerprint density at radius 3 is 2.71 bits per heavy atom. The van der Waals surface area contributed by atoms with Crippen LogP contribution in [0.15, 0.2) is 18.5 Å². The largest absolute Gasteiger partial charge is 0.298 e. The van der Waals surface area contributed by atoms with Gasteiger partial charge in [-0.25, -0.2) is 9.97 Å². The average Bonchev–Trinajstić information content (AvgIpc) is 2.68. The number of amides is 1. The number of pyridine rings is 1. The fourth-order valence-corrected chi connectivity index (χ4v) is 2.06. The highest BCUT2D eigenvalue weighted by Gasteiger charge is 2.10. The third-order valence-electron chi connectivity index (χ3n) is 1.90. The zero-order valence-corrected chi connectivity index (χ0v) is 11.0. The first-order valence-corrected chi connectivity index (χ1v) is 6.18. The van der Waals surface area contributed by atoms with E-state index in [9.17, 15) is 4.79 Å². The molecule has 0 fully saturated rings. The van der Waals surface area contributed by atoms with Gasteiger partial charge in [0.15, 0.2) is 5.13 Å². The number of carbonyl (C=O) groups is 1. The number of hydrogen-bond donors (Lipinski definition) is 1. The van der Waals surface area contributed by atoms with Crippen molar-refractivity contribution < 1.29 is 4.79 Å². The van der Waals surface area contributed by atoms with Crippen molar-refractivity contribution in [2.75, 3.05) is 5.32 Å². The van der Waals surface area contributed by atoms with Crippen LogP contribution < -0.4 is 5.32 Å². The molecule has 0 bridgehead atoms. The summed E-state index contributed by atoms with van der Waals surface area (Å²) in [6.45, 7) is 1.91. The highest BCUT2D eigenvalue weighted by molar-refractivity contribution is 7.15. The molecule has 0 saturated heterocycles. The van der Waals surface area contributed by atoms with Crippen molar-refractivity contribution in [3.05, 3.63) is 39.1 Å². The molecule has 0 atom stereocenters. The first-order valence-electron chi connectivity index (χ1n) is 4.61. The van der Waals surface area contributed by atoms with Gasteiger partial charge in [0.1, 0.15) is 5.15 Å². The zero-order valence-electron chi connectivity index (χ0n) is 8.70. The molecule has 2 heterocycles. The number of aryl methyl sites for hydroxylation is 1. The van der Waals surface area contributed by atoms with Gasteiger partial charge in [0.25, 0.3) is 5.91 Å². The maximum atomic E-state index is 11.8. The van der Waals surface area contributed by atoms with Crippen LogP contribution in [0.1, 0.15) is 15.2 Å². The summed E-state index contributed by atoms with van der Waals surface area (Å²) in [5, 5.41) is 3.61. The van der Waals surface area contributed by atoms with Gasteiger partial charge in [-0.05, 0) is 13.0 Å². The Labute approximate surface area is 112 Å². The molecule has 88 valence electrons. The fourth-order valence-electron chi connectivity index (χ4n) is 1.13. The lowest BCUT2D eigenvalue weighted by Crippen LogP contribution is -2.11. The molecule has 2 aromatic heterocycles. The Morgan fingerprint density at radius 2 is 2.12 bits per heavy atom. The SMILES string of the molecule is Cc1cnc(NC(=O)c2cnc(Cl)c(Cl)c2)s1. The molecule has 2 aromatic rings. The average molecular weight is 288 g/mol. The second kappa shape index (κ2) is 5.00. The lowest BCUT2D eigenvalue weighted by Gasteiger charge is -2.02. The third-order valence-corrected chi connectivity index (χ3v) is 3.41. The summed E-state index contributed by atoms with van der Waals surface area (Å²) in [5.41, 5.74) is 0.340. The van der Waals surface area contributed by atoms with Gasteiger partial charge in [-0.3, -0.25) is 10.1 Å². The molecule has 0 aliphatic carbocycles. The molecular weight excluding hydrogens is 281 g/mol. The van der Waals surface area contributed by atoms with Gasteiger partial charge in [-0.15, -0.1) is 11.3 Å². The standard InChI is InChI=1S/C10H7Cl2N3OS/c1-5-3-14-10(17-5)15-9(16)6-2-7(11)8(12)13-4-6/h2-4H,1H3,(H,14,15,16). The van der Waals surface area contributed by atoms with Crippen molar-refractivity contribution in [2.24, 2.45) is 0 Å². The molecule has 0 radical (unpaired) electrons. The summed E-state index contributed by atoms with van der Waals surface area (Å²) >= 11 is 12.8. The summed E-state index contributed by atoms with van der Waals surface area (Å²) in [6, 6.07) is 1.46. The van der Waals surface area contributed by atoms with E-state index in [1.54, 1.807) is 6.20 Å². The highest BCUT2D eigenvalue weighted by atomic mass is 35.5. The predicted molar refractivity (Wildman–Crippen MR) is 69.1 cm³/mol. The first kappa shape index (κ1) is 12.3. The van der Waals surface area contributed by atoms with Crippen LogP contribution in [0.5, 0.6) is 0 Å². The second-order valence-electron chi connectivity index (χ2n) is 3.23. The number of nitrogens with one attached hydrogen (secondary N) is 1. The van der Waals surface area contributed by atoms with Crippen LogP contribution in [0.3, 0.4) is 0 Å². The van der Waals surface area contributed by atoms with Crippen LogP contribution >= 0.6 is 34.5 Å². The Bertz CT molecular complexity index is 570. The lowest BCUT2D eigenvalue weighted by molar-refractivity contribution is 0.102. The molecule has 0 spiro atoms. The van der Waals surface area contributed by atoms with E-state index in [2.05, 4.69) is 15.3 Å². The van der Waals surface area contributed by atoms with Crippen LogP contribution in [0.2, 0.25) is 10.2 Å². The maximum absolute atomic E-state index is 11.8. The second-order valence-corrected chi connectivity index (χ2v) is 5.23. The van der Waals surface area contributed by atoms with E-state index < -0.39 is 0 Å². The van der Waals surface area contributed by atoms with Gasteiger partial charge in [0.05, 0.1) is 10.6 Å². The molecule has 2 rings (SSSR count).